The van der Waals surface area contributed by atoms with E-state index in [-0.39, 0.29) is 11.1 Å². The zero-order valence-corrected chi connectivity index (χ0v) is 28.8. The van der Waals surface area contributed by atoms with Gasteiger partial charge in [-0.1, -0.05) is 99.6 Å². The van der Waals surface area contributed by atoms with Gasteiger partial charge in [0.05, 0.1) is 17.9 Å². The number of hydrogen-bond donors (Lipinski definition) is 4. The summed E-state index contributed by atoms with van der Waals surface area (Å²) in [6.45, 7) is 13.5. The summed E-state index contributed by atoms with van der Waals surface area (Å²) in [5.74, 6) is 0.617. The molecule has 4 aromatic rings. The molecule has 0 saturated heterocycles. The van der Waals surface area contributed by atoms with Gasteiger partial charge in [0.1, 0.15) is 12.4 Å². The van der Waals surface area contributed by atoms with Gasteiger partial charge in [-0.2, -0.15) is 0 Å². The summed E-state index contributed by atoms with van der Waals surface area (Å²) in [6, 6.07) is 33.9. The van der Waals surface area contributed by atoms with E-state index in [4.69, 9.17) is 9.16 Å². The number of anilines is 2. The van der Waals surface area contributed by atoms with Crippen molar-refractivity contribution in [3.63, 3.8) is 0 Å². The lowest BCUT2D eigenvalue weighted by molar-refractivity contribution is -0.105. The Labute approximate surface area is 275 Å². The fraction of sp³-hybridized carbons (Fsp3) is 0.342. The minimum absolute atomic E-state index is 0.0424. The predicted molar refractivity (Wildman–Crippen MR) is 191 cm³/mol. The van der Waals surface area contributed by atoms with Gasteiger partial charge in [-0.3, -0.25) is 4.79 Å². The second-order valence-electron chi connectivity index (χ2n) is 13.1. The highest BCUT2D eigenvalue weighted by molar-refractivity contribution is 6.74. The summed E-state index contributed by atoms with van der Waals surface area (Å²) in [5, 5.41) is 20.3. The number of carbonyl (C=O) groups is 1. The molecule has 4 rings (SSSR count). The van der Waals surface area contributed by atoms with Crippen LogP contribution in [0.2, 0.25) is 18.1 Å². The van der Waals surface area contributed by atoms with Gasteiger partial charge in [-0.15, -0.1) is 0 Å². The number of hydrogen-bond acceptors (Lipinski definition) is 6. The van der Waals surface area contributed by atoms with Crippen LogP contribution in [0.15, 0.2) is 103 Å². The van der Waals surface area contributed by atoms with E-state index in [9.17, 15) is 9.90 Å². The van der Waals surface area contributed by atoms with Crippen LogP contribution in [0, 0.1) is 0 Å². The molecule has 7 nitrogen and oxygen atoms in total. The van der Waals surface area contributed by atoms with Crippen LogP contribution in [0.25, 0.3) is 0 Å². The highest BCUT2D eigenvalue weighted by Gasteiger charge is 2.39. The molecule has 0 aliphatic heterocycles. The first kappa shape index (κ1) is 34.9. The Kier molecular flexibility index (Phi) is 12.6. The highest BCUT2D eigenvalue weighted by atomic mass is 28.4. The van der Waals surface area contributed by atoms with Gasteiger partial charge in [0.15, 0.2) is 8.32 Å². The van der Waals surface area contributed by atoms with E-state index in [1.54, 1.807) is 0 Å². The smallest absolute Gasteiger partial charge is 0.211 e. The quantitative estimate of drug-likeness (QED) is 0.0534. The van der Waals surface area contributed by atoms with Crippen LogP contribution in [0.3, 0.4) is 0 Å². The molecule has 1 amide bonds. The minimum Gasteiger partial charge on any atom is -0.487 e. The number of benzene rings is 4. The van der Waals surface area contributed by atoms with Gasteiger partial charge in [0.25, 0.3) is 0 Å². The van der Waals surface area contributed by atoms with Crippen molar-refractivity contribution in [3.8, 4) is 5.75 Å². The summed E-state index contributed by atoms with van der Waals surface area (Å²) in [7, 11) is -2.11. The maximum atomic E-state index is 11.5. The van der Waals surface area contributed by atoms with E-state index >= 15 is 0 Å². The molecular formula is C38H49N3O4Si. The summed E-state index contributed by atoms with van der Waals surface area (Å²) < 4.78 is 13.0. The van der Waals surface area contributed by atoms with Crippen molar-refractivity contribution < 1.29 is 19.1 Å². The molecule has 0 fully saturated rings. The van der Waals surface area contributed by atoms with Crippen molar-refractivity contribution in [2.75, 3.05) is 30.3 Å². The van der Waals surface area contributed by atoms with Gasteiger partial charge in [-0.05, 0) is 77.6 Å². The van der Waals surface area contributed by atoms with E-state index < -0.39 is 14.4 Å². The lowest BCUT2D eigenvalue weighted by atomic mass is 10.1. The van der Waals surface area contributed by atoms with Gasteiger partial charge >= 0.3 is 0 Å². The number of carbonyl (C=O) groups excluding carboxylic acids is 1. The van der Waals surface area contributed by atoms with E-state index in [0.717, 1.165) is 35.3 Å². The molecule has 0 spiro atoms. The molecule has 0 unspecified atom stereocenters. The van der Waals surface area contributed by atoms with Crippen LogP contribution in [0.4, 0.5) is 11.4 Å². The van der Waals surface area contributed by atoms with Gasteiger partial charge in [0, 0.05) is 18.8 Å². The lowest BCUT2D eigenvalue weighted by Gasteiger charge is -2.39. The Morgan fingerprint density at radius 2 is 1.50 bits per heavy atom. The molecule has 0 aliphatic rings. The Balaban J connectivity index is 1.37. The minimum atomic E-state index is -2.11. The first-order chi connectivity index (χ1) is 22.1. The molecule has 244 valence electrons. The maximum Gasteiger partial charge on any atom is 0.211 e. The van der Waals surface area contributed by atoms with Crippen LogP contribution in [-0.4, -0.2) is 39.5 Å². The lowest BCUT2D eigenvalue weighted by Crippen LogP contribution is -2.43. The average Bonchev–Trinajstić information content (AvgIpc) is 3.05. The number of ether oxygens (including phenoxy) is 1. The van der Waals surface area contributed by atoms with Gasteiger partial charge in [-0.25, -0.2) is 0 Å². The third-order valence-corrected chi connectivity index (χ3v) is 13.1. The second-order valence-corrected chi connectivity index (χ2v) is 17.9. The standard InChI is InChI=1S/C38H49N3O4Si/c1-38(2,3)46(4,5)45-37(32-18-21-36(34(24-32)41-28-42)44-27-30-12-8-6-9-13-30)26-39-23-22-29-16-19-33(20-17-29)40-25-35(43)31-14-10-7-11-15-31/h6-21,24,28,35,37,39-40,43H,22-23,25-27H2,1-5H3,(H,41,42)/t35-,37+/m0/s1. The Bertz CT molecular complexity index is 1490. The molecule has 0 aromatic heterocycles. The number of aliphatic hydroxyl groups excluding tert-OH is 1. The third kappa shape index (κ3) is 10.3. The zero-order chi connectivity index (χ0) is 33.0. The zero-order valence-electron chi connectivity index (χ0n) is 27.8. The Morgan fingerprint density at radius 3 is 2.15 bits per heavy atom. The van der Waals surface area contributed by atoms with Crippen molar-refractivity contribution in [2.24, 2.45) is 0 Å². The Hall–Kier alpha value is -3.95. The fourth-order valence-electron chi connectivity index (χ4n) is 4.81. The van der Waals surface area contributed by atoms with Crippen molar-refractivity contribution in [1.29, 1.82) is 0 Å². The number of amides is 1. The number of aliphatic hydroxyl groups is 1. The monoisotopic (exact) mass is 639 g/mol. The van der Waals surface area contributed by atoms with Crippen molar-refractivity contribution in [2.45, 2.75) is 64.1 Å². The SMILES string of the molecule is CC(C)(C)[Si](C)(C)O[C@H](CNCCc1ccc(NC[C@H](O)c2ccccc2)cc1)c1ccc(OCc2ccccc2)c(NC=O)c1. The first-order valence-corrected chi connectivity index (χ1v) is 18.9. The fourth-order valence-corrected chi connectivity index (χ4v) is 6.09. The van der Waals surface area contributed by atoms with Crippen LogP contribution >= 0.6 is 0 Å². The van der Waals surface area contributed by atoms with E-state index in [1.165, 1.54) is 5.56 Å². The molecule has 8 heteroatoms. The summed E-state index contributed by atoms with van der Waals surface area (Å²) >= 11 is 0. The molecule has 0 heterocycles. The average molecular weight is 640 g/mol. The molecule has 0 radical (unpaired) electrons. The van der Waals surface area contributed by atoms with Crippen LogP contribution < -0.4 is 20.7 Å². The van der Waals surface area contributed by atoms with Crippen LogP contribution in [0.1, 0.15) is 55.2 Å². The van der Waals surface area contributed by atoms with Crippen LogP contribution in [0.5, 0.6) is 5.75 Å². The summed E-state index contributed by atoms with van der Waals surface area (Å²) in [5.41, 5.74) is 5.77. The molecule has 0 saturated carbocycles. The number of nitrogens with one attached hydrogen (secondary N) is 3. The van der Waals surface area contributed by atoms with Crippen LogP contribution in [-0.2, 0) is 22.2 Å². The summed E-state index contributed by atoms with van der Waals surface area (Å²) in [6.07, 6.45) is 0.792. The molecule has 4 aromatic carbocycles. The van der Waals surface area contributed by atoms with E-state index in [0.29, 0.717) is 37.5 Å². The van der Waals surface area contributed by atoms with Crippen molar-refractivity contribution in [1.82, 2.24) is 5.32 Å². The largest absolute Gasteiger partial charge is 0.487 e. The highest BCUT2D eigenvalue weighted by Crippen LogP contribution is 2.40. The van der Waals surface area contributed by atoms with Gasteiger partial charge in [0.2, 0.25) is 6.41 Å². The first-order valence-electron chi connectivity index (χ1n) is 16.0. The number of rotatable bonds is 17. The van der Waals surface area contributed by atoms with Crippen molar-refractivity contribution in [3.05, 3.63) is 125 Å². The third-order valence-electron chi connectivity index (χ3n) is 8.63. The van der Waals surface area contributed by atoms with Gasteiger partial charge < -0.3 is 30.2 Å². The van der Waals surface area contributed by atoms with E-state index in [2.05, 4.69) is 74.1 Å². The molecule has 0 bridgehead atoms. The molecule has 4 N–H and O–H groups in total. The molecule has 0 aliphatic carbocycles. The maximum absolute atomic E-state index is 11.5. The molecule has 46 heavy (non-hydrogen) atoms. The molecular weight excluding hydrogens is 591 g/mol. The predicted octanol–water partition coefficient (Wildman–Crippen LogP) is 7.87. The molecule has 2 atom stereocenters. The second kappa shape index (κ2) is 16.6. The van der Waals surface area contributed by atoms with E-state index in [1.807, 2.05) is 78.9 Å². The van der Waals surface area contributed by atoms with Crippen molar-refractivity contribution >= 4 is 26.1 Å². The topological polar surface area (TPSA) is 91.8 Å². The Morgan fingerprint density at radius 1 is 0.826 bits per heavy atom. The summed E-state index contributed by atoms with van der Waals surface area (Å²) in [4.78, 5) is 11.5. The normalized spacial score (nSPS) is 13.1.